The highest BCUT2D eigenvalue weighted by Crippen LogP contribution is 2.28. The first-order valence-electron chi connectivity index (χ1n) is 10.00. The highest BCUT2D eigenvalue weighted by atomic mass is 35.5. The van der Waals surface area contributed by atoms with E-state index in [2.05, 4.69) is 20.7 Å². The highest BCUT2D eigenvalue weighted by molar-refractivity contribution is 7.99. The van der Waals surface area contributed by atoms with Gasteiger partial charge in [-0.3, -0.25) is 9.36 Å². The number of halogens is 2. The Labute approximate surface area is 199 Å². The van der Waals surface area contributed by atoms with Crippen molar-refractivity contribution < 1.29 is 9.18 Å². The third-order valence-corrected chi connectivity index (χ3v) is 5.87. The Morgan fingerprint density at radius 3 is 2.42 bits per heavy atom. The van der Waals surface area contributed by atoms with Crippen molar-refractivity contribution in [3.8, 4) is 17.1 Å². The maximum atomic E-state index is 13.1. The van der Waals surface area contributed by atoms with Crippen LogP contribution in [0, 0.1) is 5.82 Å². The van der Waals surface area contributed by atoms with Crippen molar-refractivity contribution in [3.63, 3.8) is 0 Å². The number of hydrogen-bond donors (Lipinski definition) is 1. The van der Waals surface area contributed by atoms with E-state index in [0.29, 0.717) is 21.7 Å². The number of carbonyl (C=O) groups excluding carboxylic acids is 1. The van der Waals surface area contributed by atoms with E-state index >= 15 is 0 Å². The van der Waals surface area contributed by atoms with Crippen molar-refractivity contribution in [1.82, 2.24) is 20.2 Å². The molecule has 0 radical (unpaired) electrons. The molecule has 0 aliphatic rings. The molecule has 0 bridgehead atoms. The van der Waals surface area contributed by atoms with Crippen LogP contribution >= 0.6 is 23.4 Å². The molecule has 0 aliphatic carbocycles. The lowest BCUT2D eigenvalue weighted by Crippen LogP contribution is -2.21. The second kappa shape index (κ2) is 10.4. The van der Waals surface area contributed by atoms with E-state index in [0.717, 1.165) is 16.8 Å². The summed E-state index contributed by atoms with van der Waals surface area (Å²) in [5.41, 5.74) is 5.56. The number of benzene rings is 3. The molecule has 0 saturated carbocycles. The zero-order chi connectivity index (χ0) is 23.2. The molecule has 166 valence electrons. The Hall–Kier alpha value is -3.49. The fourth-order valence-electron chi connectivity index (χ4n) is 3.02. The first-order chi connectivity index (χ1) is 16.0. The summed E-state index contributed by atoms with van der Waals surface area (Å²) in [4.78, 5) is 12.4. The van der Waals surface area contributed by atoms with E-state index < -0.39 is 0 Å². The lowest BCUT2D eigenvalue weighted by molar-refractivity contribution is -0.118. The highest BCUT2D eigenvalue weighted by Gasteiger charge is 2.17. The number of amides is 1. The molecule has 0 aliphatic heterocycles. The summed E-state index contributed by atoms with van der Waals surface area (Å²) in [7, 11) is 0. The fourth-order valence-corrected chi connectivity index (χ4v) is 3.89. The Bertz CT molecular complexity index is 1270. The van der Waals surface area contributed by atoms with E-state index in [1.165, 1.54) is 23.9 Å². The molecule has 9 heteroatoms. The number of thioether (sulfide) groups is 1. The number of aromatic nitrogens is 3. The van der Waals surface area contributed by atoms with Crippen LogP contribution in [0.3, 0.4) is 0 Å². The van der Waals surface area contributed by atoms with Crippen LogP contribution in [0.2, 0.25) is 5.02 Å². The summed E-state index contributed by atoms with van der Waals surface area (Å²) in [6.45, 7) is 1.74. The summed E-state index contributed by atoms with van der Waals surface area (Å²) in [6, 6.07) is 22.9. The fraction of sp³-hybridized carbons (Fsp3) is 0.0833. The van der Waals surface area contributed by atoms with Crippen molar-refractivity contribution in [2.75, 3.05) is 5.75 Å². The maximum Gasteiger partial charge on any atom is 0.250 e. The van der Waals surface area contributed by atoms with E-state index in [1.54, 1.807) is 31.2 Å². The van der Waals surface area contributed by atoms with Gasteiger partial charge in [0, 0.05) is 16.3 Å². The predicted octanol–water partition coefficient (Wildman–Crippen LogP) is 5.36. The molecule has 0 saturated heterocycles. The Morgan fingerprint density at radius 2 is 1.73 bits per heavy atom. The van der Waals surface area contributed by atoms with Crippen molar-refractivity contribution in [2.24, 2.45) is 5.10 Å². The van der Waals surface area contributed by atoms with Gasteiger partial charge >= 0.3 is 0 Å². The van der Waals surface area contributed by atoms with Crippen LogP contribution in [0.4, 0.5) is 4.39 Å². The first kappa shape index (κ1) is 22.7. The van der Waals surface area contributed by atoms with Crippen LogP contribution in [-0.4, -0.2) is 32.1 Å². The van der Waals surface area contributed by atoms with Gasteiger partial charge in [-0.05, 0) is 61.0 Å². The van der Waals surface area contributed by atoms with Crippen molar-refractivity contribution in [1.29, 1.82) is 0 Å². The van der Waals surface area contributed by atoms with E-state index in [4.69, 9.17) is 11.6 Å². The minimum absolute atomic E-state index is 0.0891. The number of nitrogens with one attached hydrogen (secondary N) is 1. The molecule has 0 atom stereocenters. The topological polar surface area (TPSA) is 72.2 Å². The maximum absolute atomic E-state index is 13.1. The minimum atomic E-state index is -0.326. The zero-order valence-electron chi connectivity index (χ0n) is 17.6. The normalized spacial score (nSPS) is 11.4. The van der Waals surface area contributed by atoms with Crippen LogP contribution in [0.1, 0.15) is 12.5 Å². The van der Waals surface area contributed by atoms with Gasteiger partial charge in [-0.2, -0.15) is 5.10 Å². The summed E-state index contributed by atoms with van der Waals surface area (Å²) >= 11 is 7.28. The molecule has 0 fully saturated rings. The molecule has 1 N–H and O–H groups in total. The lowest BCUT2D eigenvalue weighted by Gasteiger charge is -2.10. The minimum Gasteiger partial charge on any atom is -0.272 e. The van der Waals surface area contributed by atoms with E-state index in [1.807, 2.05) is 47.0 Å². The molecule has 0 unspecified atom stereocenters. The largest absolute Gasteiger partial charge is 0.272 e. The second-order valence-corrected chi connectivity index (χ2v) is 8.39. The predicted molar refractivity (Wildman–Crippen MR) is 129 cm³/mol. The van der Waals surface area contributed by atoms with Gasteiger partial charge in [-0.25, -0.2) is 9.82 Å². The average Bonchev–Trinajstić information content (AvgIpc) is 3.26. The smallest absolute Gasteiger partial charge is 0.250 e. The molecule has 1 heterocycles. The summed E-state index contributed by atoms with van der Waals surface area (Å²) in [5, 5.41) is 14.0. The number of hydrogen-bond acceptors (Lipinski definition) is 5. The van der Waals surface area contributed by atoms with Crippen molar-refractivity contribution in [2.45, 2.75) is 12.1 Å². The monoisotopic (exact) mass is 479 g/mol. The lowest BCUT2D eigenvalue weighted by atomic mass is 10.1. The Kier molecular flexibility index (Phi) is 7.16. The molecule has 3 aromatic carbocycles. The third-order valence-electron chi connectivity index (χ3n) is 4.69. The van der Waals surface area contributed by atoms with Gasteiger partial charge in [-0.1, -0.05) is 53.7 Å². The standard InChI is InChI=1S/C24H19ClFN5OS/c1-16(17-9-13-20(26)14-10-17)27-28-22(32)15-33-24-30-29-23(18-7-11-19(25)12-8-18)31(24)21-5-3-2-4-6-21/h2-14H,15H2,1H3,(H,28,32). The van der Waals surface area contributed by atoms with Crippen molar-refractivity contribution >= 4 is 35.0 Å². The summed E-state index contributed by atoms with van der Waals surface area (Å²) in [5.74, 6) is 0.113. The molecule has 33 heavy (non-hydrogen) atoms. The van der Waals surface area contributed by atoms with Crippen LogP contribution in [-0.2, 0) is 4.79 Å². The van der Waals surface area contributed by atoms with Gasteiger partial charge in [0.05, 0.1) is 11.5 Å². The van der Waals surface area contributed by atoms with E-state index in [9.17, 15) is 9.18 Å². The van der Waals surface area contributed by atoms with Crippen LogP contribution in [0.25, 0.3) is 17.1 Å². The van der Waals surface area contributed by atoms with Crippen molar-refractivity contribution in [3.05, 3.63) is 95.3 Å². The third kappa shape index (κ3) is 5.66. The average molecular weight is 480 g/mol. The quantitative estimate of drug-likeness (QED) is 0.220. The molecule has 6 nitrogen and oxygen atoms in total. The Balaban J connectivity index is 1.51. The molecular weight excluding hydrogens is 461 g/mol. The molecule has 1 aromatic heterocycles. The zero-order valence-corrected chi connectivity index (χ0v) is 19.1. The van der Waals surface area contributed by atoms with Gasteiger partial charge in [0.25, 0.3) is 5.91 Å². The van der Waals surface area contributed by atoms with Gasteiger partial charge in [0.15, 0.2) is 11.0 Å². The molecule has 0 spiro atoms. The number of nitrogens with zero attached hydrogens (tertiary/aromatic N) is 4. The summed E-state index contributed by atoms with van der Waals surface area (Å²) < 4.78 is 15.0. The van der Waals surface area contributed by atoms with Gasteiger partial charge in [0.1, 0.15) is 5.82 Å². The van der Waals surface area contributed by atoms with Crippen LogP contribution in [0.15, 0.2) is 89.1 Å². The van der Waals surface area contributed by atoms with Gasteiger partial charge < -0.3 is 0 Å². The Morgan fingerprint density at radius 1 is 1.03 bits per heavy atom. The molecular formula is C24H19ClFN5OS. The van der Waals surface area contributed by atoms with Crippen LogP contribution < -0.4 is 5.43 Å². The summed E-state index contributed by atoms with van der Waals surface area (Å²) in [6.07, 6.45) is 0. The van der Waals surface area contributed by atoms with Gasteiger partial charge in [0.2, 0.25) is 0 Å². The first-order valence-corrected chi connectivity index (χ1v) is 11.4. The van der Waals surface area contributed by atoms with Crippen LogP contribution in [0.5, 0.6) is 0 Å². The van der Waals surface area contributed by atoms with E-state index in [-0.39, 0.29) is 17.5 Å². The molecule has 4 rings (SSSR count). The second-order valence-electron chi connectivity index (χ2n) is 7.01. The number of para-hydroxylation sites is 1. The molecule has 1 amide bonds. The number of carbonyl (C=O) groups is 1. The number of rotatable bonds is 7. The molecule has 4 aromatic rings. The SMILES string of the molecule is CC(=NNC(=O)CSc1nnc(-c2ccc(Cl)cc2)n1-c1ccccc1)c1ccc(F)cc1. The number of hydrazone groups is 1. The van der Waals surface area contributed by atoms with Gasteiger partial charge in [-0.15, -0.1) is 10.2 Å².